The Hall–Kier alpha value is -0.870. The standard InChI is InChI=1S/C10H11F2NO.ClH/c11-8-2-1-3-9(10(8)12)14-7-4-6(13)5-7;/h1-3,6-7H,4-5,13H2;1H. The Bertz CT molecular complexity index is 342. The molecule has 0 radical (unpaired) electrons. The second-order valence-corrected chi connectivity index (χ2v) is 3.52. The van der Waals surface area contributed by atoms with Crippen LogP contribution in [-0.4, -0.2) is 12.1 Å². The van der Waals surface area contributed by atoms with Crippen LogP contribution in [0.2, 0.25) is 0 Å². The van der Waals surface area contributed by atoms with E-state index in [0.29, 0.717) is 12.8 Å². The largest absolute Gasteiger partial charge is 0.487 e. The van der Waals surface area contributed by atoms with E-state index in [4.69, 9.17) is 10.5 Å². The smallest absolute Gasteiger partial charge is 0.200 e. The van der Waals surface area contributed by atoms with Gasteiger partial charge in [0.15, 0.2) is 11.6 Å². The lowest BCUT2D eigenvalue weighted by molar-refractivity contribution is 0.0953. The van der Waals surface area contributed by atoms with E-state index in [1.807, 2.05) is 0 Å². The molecule has 1 aromatic rings. The minimum absolute atomic E-state index is 0. The molecular formula is C10H12ClF2NO. The van der Waals surface area contributed by atoms with Crippen molar-refractivity contribution >= 4 is 12.4 Å². The normalized spacial score (nSPS) is 23.9. The zero-order valence-corrected chi connectivity index (χ0v) is 8.77. The second kappa shape index (κ2) is 4.77. The summed E-state index contributed by atoms with van der Waals surface area (Å²) in [6, 6.07) is 4.04. The molecule has 0 atom stereocenters. The van der Waals surface area contributed by atoms with Crippen molar-refractivity contribution < 1.29 is 13.5 Å². The van der Waals surface area contributed by atoms with Crippen LogP contribution >= 0.6 is 12.4 Å². The fourth-order valence-electron chi connectivity index (χ4n) is 1.46. The summed E-state index contributed by atoms with van der Waals surface area (Å²) in [5.74, 6) is -1.83. The lowest BCUT2D eigenvalue weighted by atomic mass is 9.90. The highest BCUT2D eigenvalue weighted by Crippen LogP contribution is 2.27. The third-order valence-electron chi connectivity index (χ3n) is 2.34. The van der Waals surface area contributed by atoms with E-state index in [1.165, 1.54) is 12.1 Å². The fraction of sp³-hybridized carbons (Fsp3) is 0.400. The van der Waals surface area contributed by atoms with E-state index in [-0.39, 0.29) is 30.3 Å². The van der Waals surface area contributed by atoms with Crippen molar-refractivity contribution in [2.45, 2.75) is 25.0 Å². The van der Waals surface area contributed by atoms with Gasteiger partial charge in [0.2, 0.25) is 5.82 Å². The van der Waals surface area contributed by atoms with Crippen molar-refractivity contribution in [3.05, 3.63) is 29.8 Å². The minimum atomic E-state index is -0.923. The summed E-state index contributed by atoms with van der Waals surface area (Å²) in [4.78, 5) is 0. The monoisotopic (exact) mass is 235 g/mol. The third-order valence-corrected chi connectivity index (χ3v) is 2.34. The molecule has 1 aliphatic carbocycles. The lowest BCUT2D eigenvalue weighted by Crippen LogP contribution is -2.43. The van der Waals surface area contributed by atoms with Crippen LogP contribution in [-0.2, 0) is 0 Å². The van der Waals surface area contributed by atoms with Gasteiger partial charge in [-0.3, -0.25) is 0 Å². The summed E-state index contributed by atoms with van der Waals surface area (Å²) in [5, 5.41) is 0. The maximum absolute atomic E-state index is 13.1. The first-order valence-corrected chi connectivity index (χ1v) is 4.53. The van der Waals surface area contributed by atoms with Gasteiger partial charge in [-0.25, -0.2) is 4.39 Å². The Balaban J connectivity index is 0.00000112. The maximum atomic E-state index is 13.1. The summed E-state index contributed by atoms with van der Waals surface area (Å²) in [6.07, 6.45) is 1.34. The van der Waals surface area contributed by atoms with Gasteiger partial charge in [0.25, 0.3) is 0 Å². The first-order chi connectivity index (χ1) is 6.66. The summed E-state index contributed by atoms with van der Waals surface area (Å²) in [7, 11) is 0. The quantitative estimate of drug-likeness (QED) is 0.854. The molecule has 0 amide bonds. The molecule has 15 heavy (non-hydrogen) atoms. The molecule has 1 aromatic carbocycles. The Labute approximate surface area is 92.8 Å². The van der Waals surface area contributed by atoms with Gasteiger partial charge in [0.05, 0.1) is 0 Å². The number of rotatable bonds is 2. The van der Waals surface area contributed by atoms with Crippen molar-refractivity contribution in [3.63, 3.8) is 0 Å². The molecule has 2 N–H and O–H groups in total. The van der Waals surface area contributed by atoms with Gasteiger partial charge in [-0.15, -0.1) is 12.4 Å². The molecule has 0 heterocycles. The predicted octanol–water partition coefficient (Wildman–Crippen LogP) is 2.26. The van der Waals surface area contributed by atoms with Crippen molar-refractivity contribution in [3.8, 4) is 5.75 Å². The van der Waals surface area contributed by atoms with E-state index < -0.39 is 11.6 Å². The summed E-state index contributed by atoms with van der Waals surface area (Å²) in [6.45, 7) is 0. The Morgan fingerprint density at radius 3 is 2.53 bits per heavy atom. The first-order valence-electron chi connectivity index (χ1n) is 4.53. The molecule has 2 rings (SSSR count). The summed E-state index contributed by atoms with van der Waals surface area (Å²) >= 11 is 0. The average Bonchev–Trinajstić information content (AvgIpc) is 2.10. The number of halogens is 3. The van der Waals surface area contributed by atoms with Crippen molar-refractivity contribution in [2.24, 2.45) is 5.73 Å². The fourth-order valence-corrected chi connectivity index (χ4v) is 1.46. The Morgan fingerprint density at radius 2 is 1.93 bits per heavy atom. The van der Waals surface area contributed by atoms with Gasteiger partial charge in [-0.2, -0.15) is 4.39 Å². The minimum Gasteiger partial charge on any atom is -0.487 e. The van der Waals surface area contributed by atoms with E-state index in [9.17, 15) is 8.78 Å². The molecule has 1 saturated carbocycles. The highest BCUT2D eigenvalue weighted by molar-refractivity contribution is 5.85. The number of benzene rings is 1. The van der Waals surface area contributed by atoms with Gasteiger partial charge in [-0.1, -0.05) is 6.07 Å². The van der Waals surface area contributed by atoms with Gasteiger partial charge >= 0.3 is 0 Å². The molecule has 5 heteroatoms. The van der Waals surface area contributed by atoms with Crippen molar-refractivity contribution in [1.29, 1.82) is 0 Å². The zero-order valence-electron chi connectivity index (χ0n) is 7.95. The molecule has 0 spiro atoms. The first kappa shape index (κ1) is 12.2. The molecule has 0 saturated heterocycles. The van der Waals surface area contributed by atoms with Gasteiger partial charge < -0.3 is 10.5 Å². The molecule has 84 valence electrons. The van der Waals surface area contributed by atoms with E-state index in [1.54, 1.807) is 0 Å². The van der Waals surface area contributed by atoms with E-state index >= 15 is 0 Å². The molecule has 0 aromatic heterocycles. The molecule has 1 aliphatic rings. The molecule has 0 unspecified atom stereocenters. The molecular weight excluding hydrogens is 224 g/mol. The highest BCUT2D eigenvalue weighted by Gasteiger charge is 2.28. The highest BCUT2D eigenvalue weighted by atomic mass is 35.5. The van der Waals surface area contributed by atoms with Gasteiger partial charge in [-0.05, 0) is 25.0 Å². The van der Waals surface area contributed by atoms with Crippen LogP contribution in [0.1, 0.15) is 12.8 Å². The third kappa shape index (κ3) is 2.58. The number of hydrogen-bond acceptors (Lipinski definition) is 2. The van der Waals surface area contributed by atoms with E-state index in [0.717, 1.165) is 6.07 Å². The topological polar surface area (TPSA) is 35.2 Å². The van der Waals surface area contributed by atoms with Crippen LogP contribution in [0.3, 0.4) is 0 Å². The van der Waals surface area contributed by atoms with Crippen LogP contribution in [0.4, 0.5) is 8.78 Å². The SMILES string of the molecule is Cl.NC1CC(Oc2cccc(F)c2F)C1. The zero-order chi connectivity index (χ0) is 10.1. The number of hydrogen-bond donors (Lipinski definition) is 1. The van der Waals surface area contributed by atoms with Gasteiger partial charge in [0.1, 0.15) is 6.10 Å². The van der Waals surface area contributed by atoms with Crippen LogP contribution in [0.15, 0.2) is 18.2 Å². The molecule has 1 fully saturated rings. The van der Waals surface area contributed by atoms with Crippen LogP contribution in [0.5, 0.6) is 5.75 Å². The second-order valence-electron chi connectivity index (χ2n) is 3.52. The molecule has 0 aliphatic heterocycles. The lowest BCUT2D eigenvalue weighted by Gasteiger charge is -2.32. The van der Waals surface area contributed by atoms with Crippen molar-refractivity contribution in [1.82, 2.24) is 0 Å². The average molecular weight is 236 g/mol. The van der Waals surface area contributed by atoms with Crippen LogP contribution < -0.4 is 10.5 Å². The van der Waals surface area contributed by atoms with Gasteiger partial charge in [0, 0.05) is 6.04 Å². The van der Waals surface area contributed by atoms with Crippen LogP contribution in [0.25, 0.3) is 0 Å². The summed E-state index contributed by atoms with van der Waals surface area (Å²) in [5.41, 5.74) is 5.54. The Kier molecular flexibility index (Phi) is 3.88. The van der Waals surface area contributed by atoms with Crippen LogP contribution in [0, 0.1) is 11.6 Å². The molecule has 2 nitrogen and oxygen atoms in total. The number of ether oxygens (including phenoxy) is 1. The summed E-state index contributed by atoms with van der Waals surface area (Å²) < 4.78 is 31.1. The maximum Gasteiger partial charge on any atom is 0.200 e. The van der Waals surface area contributed by atoms with Crippen molar-refractivity contribution in [2.75, 3.05) is 0 Å². The van der Waals surface area contributed by atoms with E-state index in [2.05, 4.69) is 0 Å². The molecule has 0 bridgehead atoms. The predicted molar refractivity (Wildman–Crippen MR) is 55.2 cm³/mol. The Morgan fingerprint density at radius 1 is 1.27 bits per heavy atom. The number of nitrogens with two attached hydrogens (primary N) is 1.